The largest absolute Gasteiger partial charge is 0.480 e. The molecule has 0 amide bonds. The molecule has 0 spiro atoms. The molecule has 19 heavy (non-hydrogen) atoms. The van der Waals surface area contributed by atoms with Gasteiger partial charge < -0.3 is 5.11 Å². The van der Waals surface area contributed by atoms with Crippen molar-refractivity contribution in [1.29, 1.82) is 0 Å². The third-order valence-electron chi connectivity index (χ3n) is 2.81. The van der Waals surface area contributed by atoms with Gasteiger partial charge in [-0.05, 0) is 19.8 Å². The lowest BCUT2D eigenvalue weighted by molar-refractivity contribution is -0.141. The smallest absolute Gasteiger partial charge is 0.402 e. The second kappa shape index (κ2) is 6.56. The first-order valence-corrected chi connectivity index (χ1v) is 7.27. The van der Waals surface area contributed by atoms with Crippen LogP contribution in [0.4, 0.5) is 13.2 Å². The monoisotopic (exact) mass is 305 g/mol. The highest BCUT2D eigenvalue weighted by Gasteiger charge is 2.43. The van der Waals surface area contributed by atoms with Crippen LogP contribution >= 0.6 is 0 Å². The summed E-state index contributed by atoms with van der Waals surface area (Å²) in [7, 11) is -4.54. The third-order valence-corrected chi connectivity index (χ3v) is 4.98. The summed E-state index contributed by atoms with van der Waals surface area (Å²) >= 11 is 0. The predicted octanol–water partition coefficient (Wildman–Crippen LogP) is 1.84. The summed E-state index contributed by atoms with van der Waals surface area (Å²) in [6.07, 6.45) is -4.36. The molecule has 0 aromatic rings. The molecule has 5 nitrogen and oxygen atoms in total. The third kappa shape index (κ3) is 4.98. The van der Waals surface area contributed by atoms with Crippen molar-refractivity contribution in [3.8, 4) is 0 Å². The van der Waals surface area contributed by atoms with Gasteiger partial charge in [-0.2, -0.15) is 17.5 Å². The van der Waals surface area contributed by atoms with E-state index in [2.05, 4.69) is 0 Å². The van der Waals surface area contributed by atoms with Gasteiger partial charge in [-0.3, -0.25) is 4.79 Å². The second-order valence-electron chi connectivity index (χ2n) is 4.16. The Balaban J connectivity index is 5.52. The molecule has 0 saturated carbocycles. The molecular weight excluding hydrogens is 287 g/mol. The molecule has 0 heterocycles. The number of alkyl halides is 3. The quantitative estimate of drug-likeness (QED) is 0.779. The molecule has 1 N–H and O–H groups in total. The lowest BCUT2D eigenvalue weighted by atomic mass is 10.2. The molecule has 0 rings (SSSR count). The number of carboxylic acids is 1. The molecular formula is C10H18F3NO4S. The molecule has 0 aromatic heterocycles. The van der Waals surface area contributed by atoms with Gasteiger partial charge in [0.15, 0.2) is 5.25 Å². The molecule has 0 aliphatic carbocycles. The highest BCUT2D eigenvalue weighted by atomic mass is 32.2. The van der Waals surface area contributed by atoms with Gasteiger partial charge in [-0.25, -0.2) is 8.42 Å². The van der Waals surface area contributed by atoms with Crippen molar-refractivity contribution in [1.82, 2.24) is 4.31 Å². The average Bonchev–Trinajstić information content (AvgIpc) is 2.26. The first-order valence-electron chi connectivity index (χ1n) is 5.77. The molecule has 1 unspecified atom stereocenters. The number of nitrogens with zero attached hydrogens (tertiary/aromatic N) is 1. The van der Waals surface area contributed by atoms with E-state index in [1.807, 2.05) is 0 Å². The van der Waals surface area contributed by atoms with Crippen molar-refractivity contribution in [2.75, 3.05) is 6.54 Å². The van der Waals surface area contributed by atoms with Gasteiger partial charge in [0.05, 0.1) is 0 Å². The molecule has 0 aromatic carbocycles. The number of carbonyl (C=O) groups is 1. The Morgan fingerprint density at radius 1 is 1.26 bits per heavy atom. The van der Waals surface area contributed by atoms with Crippen LogP contribution in [0.1, 0.15) is 33.6 Å². The number of aliphatic carboxylic acids is 1. The number of hydrogen-bond donors (Lipinski definition) is 1. The van der Waals surface area contributed by atoms with E-state index in [0.717, 1.165) is 6.92 Å². The fourth-order valence-corrected chi connectivity index (χ4v) is 3.33. The van der Waals surface area contributed by atoms with Crippen LogP contribution in [0, 0.1) is 0 Å². The van der Waals surface area contributed by atoms with E-state index >= 15 is 0 Å². The standard InChI is InChI=1S/C10H18F3NO4S/c1-4-8(5-2)14(6-10(11,12)13)19(17,18)7(3)9(15)16/h7-8H,4-6H2,1-3H3,(H,15,16). The minimum atomic E-state index is -4.71. The Labute approximate surface area is 110 Å². The Morgan fingerprint density at radius 2 is 1.68 bits per heavy atom. The minimum Gasteiger partial charge on any atom is -0.480 e. The first kappa shape index (κ1) is 18.2. The van der Waals surface area contributed by atoms with E-state index in [0.29, 0.717) is 0 Å². The van der Waals surface area contributed by atoms with Gasteiger partial charge in [0.2, 0.25) is 10.0 Å². The van der Waals surface area contributed by atoms with Crippen LogP contribution in [0.15, 0.2) is 0 Å². The van der Waals surface area contributed by atoms with Gasteiger partial charge in [0.25, 0.3) is 0 Å². The van der Waals surface area contributed by atoms with Crippen molar-refractivity contribution in [2.45, 2.75) is 51.1 Å². The van der Waals surface area contributed by atoms with Crippen molar-refractivity contribution in [2.24, 2.45) is 0 Å². The topological polar surface area (TPSA) is 74.7 Å². The Kier molecular flexibility index (Phi) is 6.27. The summed E-state index contributed by atoms with van der Waals surface area (Å²) in [5.74, 6) is -1.67. The number of hydrogen-bond acceptors (Lipinski definition) is 3. The molecule has 0 aliphatic heterocycles. The van der Waals surface area contributed by atoms with Crippen molar-refractivity contribution in [3.63, 3.8) is 0 Å². The predicted molar refractivity (Wildman–Crippen MR) is 63.1 cm³/mol. The number of sulfonamides is 1. The van der Waals surface area contributed by atoms with Gasteiger partial charge in [0, 0.05) is 6.04 Å². The summed E-state index contributed by atoms with van der Waals surface area (Å²) in [5, 5.41) is 6.80. The fraction of sp³-hybridized carbons (Fsp3) is 0.900. The molecule has 0 radical (unpaired) electrons. The van der Waals surface area contributed by atoms with Gasteiger partial charge in [-0.15, -0.1) is 0 Å². The van der Waals surface area contributed by atoms with E-state index < -0.39 is 40.0 Å². The maximum atomic E-state index is 12.5. The van der Waals surface area contributed by atoms with Crippen molar-refractivity contribution >= 4 is 16.0 Å². The summed E-state index contributed by atoms with van der Waals surface area (Å²) in [6, 6.07) is -0.867. The summed E-state index contributed by atoms with van der Waals surface area (Å²) < 4.78 is 61.6. The highest BCUT2D eigenvalue weighted by Crippen LogP contribution is 2.25. The van der Waals surface area contributed by atoms with E-state index in [1.54, 1.807) is 13.8 Å². The highest BCUT2D eigenvalue weighted by molar-refractivity contribution is 7.90. The van der Waals surface area contributed by atoms with Crippen LogP contribution in [-0.2, 0) is 14.8 Å². The van der Waals surface area contributed by atoms with E-state index in [9.17, 15) is 26.4 Å². The van der Waals surface area contributed by atoms with Crippen LogP contribution in [0.5, 0.6) is 0 Å². The molecule has 9 heteroatoms. The fourth-order valence-electron chi connectivity index (χ4n) is 1.63. The van der Waals surface area contributed by atoms with Crippen LogP contribution < -0.4 is 0 Å². The lowest BCUT2D eigenvalue weighted by Gasteiger charge is -2.31. The van der Waals surface area contributed by atoms with E-state index in [4.69, 9.17) is 5.11 Å². The Hall–Kier alpha value is -0.830. The molecule has 0 bridgehead atoms. The van der Waals surface area contributed by atoms with Gasteiger partial charge >= 0.3 is 12.1 Å². The van der Waals surface area contributed by atoms with Gasteiger partial charge in [0.1, 0.15) is 6.54 Å². The molecule has 0 saturated heterocycles. The summed E-state index contributed by atoms with van der Waals surface area (Å²) in [6.45, 7) is 2.31. The van der Waals surface area contributed by atoms with Crippen molar-refractivity contribution in [3.05, 3.63) is 0 Å². The average molecular weight is 305 g/mol. The zero-order valence-electron chi connectivity index (χ0n) is 10.9. The molecule has 114 valence electrons. The zero-order chi connectivity index (χ0) is 15.4. The maximum Gasteiger partial charge on any atom is 0.402 e. The zero-order valence-corrected chi connectivity index (χ0v) is 11.8. The SMILES string of the molecule is CCC(CC)N(CC(F)(F)F)S(=O)(=O)C(C)C(=O)O. The van der Waals surface area contributed by atoms with Crippen LogP contribution in [0.3, 0.4) is 0 Å². The summed E-state index contributed by atoms with van der Waals surface area (Å²) in [4.78, 5) is 10.7. The minimum absolute atomic E-state index is 0.179. The normalized spacial score (nSPS) is 14.9. The van der Waals surface area contributed by atoms with Crippen molar-refractivity contribution < 1.29 is 31.5 Å². The number of rotatable bonds is 7. The first-order chi connectivity index (χ1) is 8.47. The maximum absolute atomic E-state index is 12.5. The molecule has 0 aliphatic rings. The van der Waals surface area contributed by atoms with Crippen LogP contribution in [0.2, 0.25) is 0 Å². The van der Waals surface area contributed by atoms with E-state index in [1.165, 1.54) is 0 Å². The summed E-state index contributed by atoms with van der Waals surface area (Å²) in [5.41, 5.74) is 0. The number of carboxylic acid groups (broad SMARTS) is 1. The van der Waals surface area contributed by atoms with Crippen LogP contribution in [0.25, 0.3) is 0 Å². The molecule has 1 atom stereocenters. The van der Waals surface area contributed by atoms with Gasteiger partial charge in [-0.1, -0.05) is 13.8 Å². The molecule has 0 fully saturated rings. The van der Waals surface area contributed by atoms with Crippen LogP contribution in [-0.4, -0.2) is 47.8 Å². The Morgan fingerprint density at radius 3 is 1.95 bits per heavy atom. The van der Waals surface area contributed by atoms with E-state index in [-0.39, 0.29) is 17.1 Å². The number of halogens is 3. The Bertz CT molecular complexity index is 403. The lowest BCUT2D eigenvalue weighted by Crippen LogP contribution is -2.50. The second-order valence-corrected chi connectivity index (χ2v) is 6.36.